The molecule has 1 aliphatic carbocycles. The van der Waals surface area contributed by atoms with Gasteiger partial charge in [0.05, 0.1) is 11.9 Å². The number of nitrogens with one attached hydrogen (secondary N) is 1. The number of aromatic amines is 1. The summed E-state index contributed by atoms with van der Waals surface area (Å²) in [6.07, 6.45) is 21.9. The average Bonchev–Trinajstić information content (AvgIpc) is 3.31. The number of hydrogen-bond acceptors (Lipinski definition) is 3. The number of imidazole rings is 1. The van der Waals surface area contributed by atoms with Crippen LogP contribution in [0.15, 0.2) is 72.6 Å². The van der Waals surface area contributed by atoms with Crippen LogP contribution < -0.4 is 0 Å². The molecule has 1 heterocycles. The number of carbonyl (C=O) groups excluding carboxylic acids is 1. The van der Waals surface area contributed by atoms with Crippen molar-refractivity contribution >= 4 is 23.6 Å². The van der Waals surface area contributed by atoms with Crippen LogP contribution in [0, 0.1) is 0 Å². The Hall–Kier alpha value is -3.53. The van der Waals surface area contributed by atoms with Crippen molar-refractivity contribution in [1.82, 2.24) is 9.97 Å². The molecule has 1 aromatic heterocycles. The lowest BCUT2D eigenvalue weighted by Gasteiger charge is -2.14. The van der Waals surface area contributed by atoms with Crippen molar-refractivity contribution < 1.29 is 4.79 Å². The number of H-pyrrole nitrogens is 1. The number of aryl methyl sites for hydroxylation is 1. The van der Waals surface area contributed by atoms with E-state index in [1.54, 1.807) is 18.4 Å². The lowest BCUT2D eigenvalue weighted by molar-refractivity contribution is -0.114. The minimum atomic E-state index is 0.143. The molecule has 34 heavy (non-hydrogen) atoms. The van der Waals surface area contributed by atoms with Crippen LogP contribution in [-0.2, 0) is 17.6 Å². The normalized spacial score (nSPS) is 14.0. The first-order chi connectivity index (χ1) is 16.5. The second-order valence-corrected chi connectivity index (χ2v) is 8.58. The molecule has 1 aliphatic rings. The fraction of sp³-hybridized carbons (Fsp3) is 0.300. The number of allylic oxidation sites excluding steroid dienone is 5. The first-order valence-corrected chi connectivity index (χ1v) is 12.1. The molecule has 4 heteroatoms. The molecule has 1 N–H and O–H groups in total. The van der Waals surface area contributed by atoms with Gasteiger partial charge in [-0.3, -0.25) is 9.79 Å². The molecule has 0 spiro atoms. The monoisotopic (exact) mass is 453 g/mol. The largest absolute Gasteiger partial charge is 0.342 e. The fourth-order valence-corrected chi connectivity index (χ4v) is 4.24. The van der Waals surface area contributed by atoms with Gasteiger partial charge in [-0.1, -0.05) is 56.4 Å². The van der Waals surface area contributed by atoms with Crippen molar-refractivity contribution in [1.29, 1.82) is 0 Å². The van der Waals surface area contributed by atoms with E-state index in [4.69, 9.17) is 0 Å². The van der Waals surface area contributed by atoms with E-state index in [0.29, 0.717) is 6.42 Å². The molecule has 1 aromatic carbocycles. The summed E-state index contributed by atoms with van der Waals surface area (Å²) >= 11 is 0. The van der Waals surface area contributed by atoms with E-state index >= 15 is 0 Å². The Bertz CT molecular complexity index is 1160. The van der Waals surface area contributed by atoms with Crippen LogP contribution >= 0.6 is 0 Å². The zero-order chi connectivity index (χ0) is 24.3. The van der Waals surface area contributed by atoms with Gasteiger partial charge in [0.25, 0.3) is 0 Å². The van der Waals surface area contributed by atoms with E-state index in [1.807, 2.05) is 24.4 Å². The van der Waals surface area contributed by atoms with E-state index in [0.717, 1.165) is 65.2 Å². The number of carbonyl (C=O) groups is 1. The SMILES string of the molecule is C=C\C=C/N=C(C)/C(=C/C)CCCCCCc1ncc(-c2cc3c(cc2C=C)CC(=O)C=C3)[nH]1. The molecule has 4 nitrogen and oxygen atoms in total. The van der Waals surface area contributed by atoms with Gasteiger partial charge in [-0.05, 0) is 73.6 Å². The predicted octanol–water partition coefficient (Wildman–Crippen LogP) is 7.46. The molecule has 0 saturated heterocycles. The standard InChI is InChI=1S/C30H35N3O/c1-5-8-17-31-22(4)23(6-2)13-11-9-10-12-14-30-32-21-29(33-30)28-20-25-15-16-27(34)19-26(25)18-24(28)7-3/h5-8,15-18,20-21H,1,3,9-14,19H2,2,4H3,(H,32,33)/b17-8-,23-6+,31-22+. The number of ketones is 1. The maximum atomic E-state index is 11.7. The highest BCUT2D eigenvalue weighted by atomic mass is 16.1. The van der Waals surface area contributed by atoms with Gasteiger partial charge in [0, 0.05) is 30.3 Å². The van der Waals surface area contributed by atoms with E-state index in [-0.39, 0.29) is 5.78 Å². The number of aromatic nitrogens is 2. The van der Waals surface area contributed by atoms with Gasteiger partial charge in [0.1, 0.15) is 5.82 Å². The van der Waals surface area contributed by atoms with E-state index < -0.39 is 0 Å². The Morgan fingerprint density at radius 3 is 2.76 bits per heavy atom. The van der Waals surface area contributed by atoms with Crippen LogP contribution in [0.25, 0.3) is 23.4 Å². The molecular weight excluding hydrogens is 418 g/mol. The van der Waals surface area contributed by atoms with Crippen LogP contribution in [0.1, 0.15) is 68.5 Å². The molecule has 0 unspecified atom stereocenters. The first kappa shape index (κ1) is 25.1. The number of nitrogens with zero attached hydrogens (tertiary/aromatic N) is 2. The van der Waals surface area contributed by atoms with Gasteiger partial charge in [0.15, 0.2) is 5.78 Å². The Balaban J connectivity index is 1.50. The third-order valence-corrected chi connectivity index (χ3v) is 6.18. The second-order valence-electron chi connectivity index (χ2n) is 8.58. The second kappa shape index (κ2) is 12.6. The van der Waals surface area contributed by atoms with Crippen LogP contribution in [0.3, 0.4) is 0 Å². The van der Waals surface area contributed by atoms with Crippen LogP contribution in [0.2, 0.25) is 0 Å². The summed E-state index contributed by atoms with van der Waals surface area (Å²) in [6, 6.07) is 4.20. The molecule has 0 radical (unpaired) electrons. The Morgan fingerprint density at radius 2 is 2.00 bits per heavy atom. The van der Waals surface area contributed by atoms with Crippen LogP contribution in [0.5, 0.6) is 0 Å². The molecule has 0 bridgehead atoms. The van der Waals surface area contributed by atoms with Crippen LogP contribution in [-0.4, -0.2) is 21.5 Å². The number of benzene rings is 1. The van der Waals surface area contributed by atoms with Gasteiger partial charge in [-0.15, -0.1) is 0 Å². The van der Waals surface area contributed by atoms with Crippen molar-refractivity contribution in [2.24, 2.45) is 4.99 Å². The smallest absolute Gasteiger partial charge is 0.160 e. The summed E-state index contributed by atoms with van der Waals surface area (Å²) in [5.41, 5.74) is 7.63. The first-order valence-electron chi connectivity index (χ1n) is 12.1. The molecule has 3 rings (SSSR count). The highest BCUT2D eigenvalue weighted by Gasteiger charge is 2.15. The summed E-state index contributed by atoms with van der Waals surface area (Å²) in [7, 11) is 0. The van der Waals surface area contributed by atoms with Crippen molar-refractivity contribution in [3.8, 4) is 11.3 Å². The third kappa shape index (κ3) is 6.74. The van der Waals surface area contributed by atoms with Gasteiger partial charge in [-0.25, -0.2) is 4.98 Å². The zero-order valence-corrected chi connectivity index (χ0v) is 20.4. The van der Waals surface area contributed by atoms with Gasteiger partial charge in [-0.2, -0.15) is 0 Å². The quantitative estimate of drug-likeness (QED) is 0.206. The van der Waals surface area contributed by atoms with E-state index in [1.165, 1.54) is 18.4 Å². The summed E-state index contributed by atoms with van der Waals surface area (Å²) < 4.78 is 0. The topological polar surface area (TPSA) is 58.1 Å². The van der Waals surface area contributed by atoms with Gasteiger partial charge in [0.2, 0.25) is 0 Å². The summed E-state index contributed by atoms with van der Waals surface area (Å²) in [4.78, 5) is 24.3. The van der Waals surface area contributed by atoms with Gasteiger partial charge >= 0.3 is 0 Å². The van der Waals surface area contributed by atoms with Crippen molar-refractivity contribution in [3.63, 3.8) is 0 Å². The summed E-state index contributed by atoms with van der Waals surface area (Å²) in [6.45, 7) is 11.8. The molecule has 0 saturated carbocycles. The third-order valence-electron chi connectivity index (χ3n) is 6.18. The molecule has 176 valence electrons. The highest BCUT2D eigenvalue weighted by molar-refractivity contribution is 5.99. The lowest BCUT2D eigenvalue weighted by Crippen LogP contribution is -2.06. The lowest BCUT2D eigenvalue weighted by atomic mass is 9.91. The minimum absolute atomic E-state index is 0.143. The molecule has 0 amide bonds. The minimum Gasteiger partial charge on any atom is -0.342 e. The maximum Gasteiger partial charge on any atom is 0.160 e. The van der Waals surface area contributed by atoms with Crippen molar-refractivity contribution in [3.05, 3.63) is 90.1 Å². The summed E-state index contributed by atoms with van der Waals surface area (Å²) in [5.74, 6) is 1.16. The Kier molecular flexibility index (Phi) is 9.33. The highest BCUT2D eigenvalue weighted by Crippen LogP contribution is 2.30. The number of fused-ring (bicyclic) bond motifs is 1. The molecule has 2 aromatic rings. The molecule has 0 atom stereocenters. The zero-order valence-electron chi connectivity index (χ0n) is 20.4. The van der Waals surface area contributed by atoms with Crippen molar-refractivity contribution in [2.75, 3.05) is 0 Å². The molecule has 0 aliphatic heterocycles. The summed E-state index contributed by atoms with van der Waals surface area (Å²) in [5, 5.41) is 0. The molecule has 0 fully saturated rings. The fourth-order valence-electron chi connectivity index (χ4n) is 4.24. The van der Waals surface area contributed by atoms with E-state index in [9.17, 15) is 4.79 Å². The number of unbranched alkanes of at least 4 members (excludes halogenated alkanes) is 3. The number of rotatable bonds is 12. The maximum absolute atomic E-state index is 11.7. The van der Waals surface area contributed by atoms with Crippen molar-refractivity contribution in [2.45, 2.75) is 58.8 Å². The Morgan fingerprint density at radius 1 is 1.18 bits per heavy atom. The van der Waals surface area contributed by atoms with E-state index in [2.05, 4.69) is 60.2 Å². The average molecular weight is 454 g/mol. The number of hydrogen-bond donors (Lipinski definition) is 1. The predicted molar refractivity (Wildman–Crippen MR) is 145 cm³/mol. The van der Waals surface area contributed by atoms with Gasteiger partial charge < -0.3 is 4.98 Å². The Labute approximate surface area is 203 Å². The van der Waals surface area contributed by atoms with Crippen LogP contribution in [0.4, 0.5) is 0 Å². The molecular formula is C30H35N3O. The number of aliphatic imine (C=N–C) groups is 1.